The zero-order valence-corrected chi connectivity index (χ0v) is 15.6. The van der Waals surface area contributed by atoms with Gasteiger partial charge >= 0.3 is 0 Å². The predicted octanol–water partition coefficient (Wildman–Crippen LogP) is 2.98. The maximum atomic E-state index is 5.14. The molecule has 0 aliphatic rings. The van der Waals surface area contributed by atoms with Crippen LogP contribution in [0.15, 0.2) is 78.8 Å². The summed E-state index contributed by atoms with van der Waals surface area (Å²) in [7, 11) is 0. The highest BCUT2D eigenvalue weighted by molar-refractivity contribution is 7.80. The van der Waals surface area contributed by atoms with E-state index in [4.69, 9.17) is 17.3 Å². The van der Waals surface area contributed by atoms with Crippen LogP contribution in [0.3, 0.4) is 0 Å². The van der Waals surface area contributed by atoms with Crippen LogP contribution in [0.5, 0.6) is 0 Å². The number of pyridine rings is 1. The molecule has 0 aliphatic carbocycles. The van der Waals surface area contributed by atoms with Gasteiger partial charge in [-0.15, -0.1) is 6.58 Å². The molecule has 3 aromatic rings. The number of hydrogen-bond donors (Lipinski definition) is 2. The van der Waals surface area contributed by atoms with E-state index in [0.29, 0.717) is 18.2 Å². The van der Waals surface area contributed by atoms with Crippen molar-refractivity contribution < 1.29 is 0 Å². The van der Waals surface area contributed by atoms with E-state index < -0.39 is 0 Å². The van der Waals surface area contributed by atoms with Crippen LogP contribution in [-0.4, -0.2) is 32.6 Å². The van der Waals surface area contributed by atoms with E-state index in [1.54, 1.807) is 24.7 Å². The number of nitrogens with one attached hydrogen (secondary N) is 2. The van der Waals surface area contributed by atoms with Gasteiger partial charge in [-0.2, -0.15) is 10.2 Å². The van der Waals surface area contributed by atoms with Crippen molar-refractivity contribution in [2.24, 2.45) is 5.10 Å². The van der Waals surface area contributed by atoms with Crippen molar-refractivity contribution in [1.29, 1.82) is 0 Å². The van der Waals surface area contributed by atoms with Crippen molar-refractivity contribution in [3.05, 3.63) is 84.8 Å². The highest BCUT2D eigenvalue weighted by Gasteiger charge is 2.10. The van der Waals surface area contributed by atoms with Crippen LogP contribution in [0.4, 0.5) is 0 Å². The van der Waals surface area contributed by atoms with E-state index in [9.17, 15) is 0 Å². The molecule has 0 bridgehead atoms. The van der Waals surface area contributed by atoms with Gasteiger partial charge in [-0.25, -0.2) is 0 Å². The number of rotatable bonds is 7. The predicted molar refractivity (Wildman–Crippen MR) is 113 cm³/mol. The molecule has 0 aliphatic heterocycles. The second-order valence-electron chi connectivity index (χ2n) is 5.73. The quantitative estimate of drug-likeness (QED) is 0.287. The Kier molecular flexibility index (Phi) is 6.43. The molecule has 2 N–H and O–H groups in total. The Morgan fingerprint density at radius 2 is 2.07 bits per heavy atom. The van der Waals surface area contributed by atoms with Gasteiger partial charge in [0.05, 0.1) is 12.8 Å². The van der Waals surface area contributed by atoms with Crippen molar-refractivity contribution in [1.82, 2.24) is 25.5 Å². The minimum absolute atomic E-state index is 0.436. The van der Waals surface area contributed by atoms with E-state index in [1.165, 1.54) is 5.56 Å². The largest absolute Gasteiger partial charge is 0.358 e. The summed E-state index contributed by atoms with van der Waals surface area (Å²) in [5, 5.41) is 12.3. The monoisotopic (exact) mass is 376 g/mol. The zero-order chi connectivity index (χ0) is 18.9. The summed E-state index contributed by atoms with van der Waals surface area (Å²) in [5.74, 6) is 0. The average Bonchev–Trinajstić information content (AvgIpc) is 3.10. The lowest BCUT2D eigenvalue weighted by Gasteiger charge is -2.03. The highest BCUT2D eigenvalue weighted by Crippen LogP contribution is 2.20. The number of hydrogen-bond acceptors (Lipinski definition) is 4. The van der Waals surface area contributed by atoms with Crippen molar-refractivity contribution >= 4 is 23.5 Å². The van der Waals surface area contributed by atoms with Crippen molar-refractivity contribution in [3.8, 4) is 11.3 Å². The molecule has 2 heterocycles. The first-order chi connectivity index (χ1) is 13.3. The molecule has 2 aromatic heterocycles. The topological polar surface area (TPSA) is 67.1 Å². The SMILES string of the molecule is C=CCNC(=S)N/N=C\c1cn(Cc2ccccc2)nc1-c1cccnc1. The molecule has 0 amide bonds. The average molecular weight is 376 g/mol. The Morgan fingerprint density at radius 1 is 1.22 bits per heavy atom. The van der Waals surface area contributed by atoms with E-state index in [1.807, 2.05) is 41.2 Å². The molecular weight excluding hydrogens is 356 g/mol. The Balaban J connectivity index is 1.82. The molecule has 1 aromatic carbocycles. The summed E-state index contributed by atoms with van der Waals surface area (Å²) >= 11 is 5.14. The molecule has 0 spiro atoms. The minimum Gasteiger partial charge on any atom is -0.358 e. The zero-order valence-electron chi connectivity index (χ0n) is 14.7. The van der Waals surface area contributed by atoms with Crippen molar-refractivity contribution in [3.63, 3.8) is 0 Å². The Hall–Kier alpha value is -3.32. The molecule has 27 heavy (non-hydrogen) atoms. The van der Waals surface area contributed by atoms with E-state index >= 15 is 0 Å². The summed E-state index contributed by atoms with van der Waals surface area (Å²) in [6.07, 6.45) is 8.92. The van der Waals surface area contributed by atoms with Gasteiger partial charge in [-0.1, -0.05) is 36.4 Å². The fraction of sp³-hybridized carbons (Fsp3) is 0.100. The van der Waals surface area contributed by atoms with Gasteiger partial charge in [-0.05, 0) is 29.9 Å². The lowest BCUT2D eigenvalue weighted by Crippen LogP contribution is -2.31. The molecule has 0 radical (unpaired) electrons. The van der Waals surface area contributed by atoms with Crippen LogP contribution < -0.4 is 10.7 Å². The van der Waals surface area contributed by atoms with Crippen LogP contribution in [0.1, 0.15) is 11.1 Å². The third kappa shape index (κ3) is 5.32. The summed E-state index contributed by atoms with van der Waals surface area (Å²) < 4.78 is 1.90. The van der Waals surface area contributed by atoms with Crippen LogP contribution in [0, 0.1) is 0 Å². The van der Waals surface area contributed by atoms with Crippen LogP contribution in [-0.2, 0) is 6.54 Å². The third-order valence-corrected chi connectivity index (χ3v) is 3.92. The van der Waals surface area contributed by atoms with Crippen LogP contribution in [0.25, 0.3) is 11.3 Å². The third-order valence-electron chi connectivity index (χ3n) is 3.69. The maximum Gasteiger partial charge on any atom is 0.187 e. The summed E-state index contributed by atoms with van der Waals surface area (Å²) in [6, 6.07) is 14.0. The fourth-order valence-corrected chi connectivity index (χ4v) is 2.61. The highest BCUT2D eigenvalue weighted by atomic mass is 32.1. The normalized spacial score (nSPS) is 10.7. The minimum atomic E-state index is 0.436. The number of thiocarbonyl (C=S) groups is 1. The molecule has 0 fully saturated rings. The number of hydrazone groups is 1. The van der Waals surface area contributed by atoms with Crippen LogP contribution in [0.2, 0.25) is 0 Å². The number of nitrogens with zero attached hydrogens (tertiary/aromatic N) is 4. The van der Waals surface area contributed by atoms with Gasteiger partial charge in [0.2, 0.25) is 0 Å². The second kappa shape index (κ2) is 9.40. The van der Waals surface area contributed by atoms with E-state index in [0.717, 1.165) is 16.8 Å². The van der Waals surface area contributed by atoms with Gasteiger partial charge in [0.25, 0.3) is 0 Å². The smallest absolute Gasteiger partial charge is 0.187 e. The Bertz CT molecular complexity index is 918. The Labute approximate surface area is 163 Å². The molecular formula is C20H20N6S. The molecule has 0 atom stereocenters. The van der Waals surface area contributed by atoms with Gasteiger partial charge in [0.1, 0.15) is 5.69 Å². The van der Waals surface area contributed by atoms with Gasteiger partial charge in [-0.3, -0.25) is 15.1 Å². The molecule has 136 valence electrons. The van der Waals surface area contributed by atoms with E-state index in [-0.39, 0.29) is 0 Å². The summed E-state index contributed by atoms with van der Waals surface area (Å²) in [6.45, 7) is 4.89. The molecule has 0 saturated carbocycles. The van der Waals surface area contributed by atoms with Crippen molar-refractivity contribution in [2.45, 2.75) is 6.54 Å². The lowest BCUT2D eigenvalue weighted by molar-refractivity contribution is 0.689. The fourth-order valence-electron chi connectivity index (χ4n) is 2.47. The first kappa shape index (κ1) is 18.5. The number of benzene rings is 1. The second-order valence-corrected chi connectivity index (χ2v) is 6.13. The van der Waals surface area contributed by atoms with Crippen LogP contribution >= 0.6 is 12.2 Å². The van der Waals surface area contributed by atoms with Gasteiger partial charge in [0, 0.05) is 36.3 Å². The van der Waals surface area contributed by atoms with Gasteiger partial charge < -0.3 is 5.32 Å². The standard InChI is InChI=1S/C20H20N6S/c1-2-10-22-20(27)24-23-13-18-15-26(14-16-7-4-3-5-8-16)25-19(18)17-9-6-11-21-12-17/h2-9,11-13,15H,1,10,14H2,(H2,22,24,27)/b23-13-. The summed E-state index contributed by atoms with van der Waals surface area (Å²) in [5.41, 5.74) is 6.58. The maximum absolute atomic E-state index is 5.14. The Morgan fingerprint density at radius 3 is 2.81 bits per heavy atom. The van der Waals surface area contributed by atoms with Crippen molar-refractivity contribution in [2.75, 3.05) is 6.54 Å². The molecule has 7 heteroatoms. The first-order valence-corrected chi connectivity index (χ1v) is 8.86. The summed E-state index contributed by atoms with van der Waals surface area (Å²) in [4.78, 5) is 4.19. The molecule has 6 nitrogen and oxygen atoms in total. The molecule has 0 unspecified atom stereocenters. The lowest BCUT2D eigenvalue weighted by atomic mass is 10.1. The number of aromatic nitrogens is 3. The van der Waals surface area contributed by atoms with E-state index in [2.05, 4.69) is 39.5 Å². The molecule has 3 rings (SSSR count). The molecule has 0 saturated heterocycles. The van der Waals surface area contributed by atoms with Gasteiger partial charge in [0.15, 0.2) is 5.11 Å². The first-order valence-electron chi connectivity index (χ1n) is 8.46.